The smallest absolute Gasteiger partial charge is 0.169 e. The van der Waals surface area contributed by atoms with Crippen molar-refractivity contribution in [1.82, 2.24) is 0 Å². The monoisotopic (exact) mass is 388 g/mol. The summed E-state index contributed by atoms with van der Waals surface area (Å²) in [7, 11) is 0. The Hall–Kier alpha value is -1.98. The molecule has 0 nitrogen and oxygen atoms in total. The second-order valence-electron chi connectivity index (χ2n) is 7.30. The fourth-order valence-corrected chi connectivity index (χ4v) is 3.22. The summed E-state index contributed by atoms with van der Waals surface area (Å²) in [6.07, 6.45) is -11.1. The maximum atomic E-state index is 14.0. The quantitative estimate of drug-likeness (QED) is 0.481. The summed E-state index contributed by atoms with van der Waals surface area (Å²) in [6, 6.07) is 9.06. The largest absolute Gasteiger partial charge is 0.411 e. The van der Waals surface area contributed by atoms with E-state index in [1.54, 1.807) is 0 Å². The Morgan fingerprint density at radius 3 is 0.963 bits per heavy atom. The van der Waals surface area contributed by atoms with Gasteiger partial charge in [-0.05, 0) is 34.1 Å². The number of hydrogen-bond donors (Lipinski definition) is 0. The van der Waals surface area contributed by atoms with Crippen molar-refractivity contribution in [2.24, 2.45) is 0 Å². The maximum Gasteiger partial charge on any atom is 0.411 e. The predicted molar refractivity (Wildman–Crippen MR) is 94.0 cm³/mol. The second kappa shape index (κ2) is 7.21. The highest BCUT2D eigenvalue weighted by molar-refractivity contribution is 5.46. The van der Waals surface area contributed by atoms with Crippen LogP contribution in [0, 0.1) is 0 Å². The van der Waals surface area contributed by atoms with Gasteiger partial charge in [0.05, 0.1) is 0 Å². The molecule has 0 unspecified atom stereocenters. The van der Waals surface area contributed by atoms with E-state index in [0.717, 1.165) is 24.3 Å². The molecule has 0 heterocycles. The van der Waals surface area contributed by atoms with Crippen molar-refractivity contribution >= 4 is 0 Å². The van der Waals surface area contributed by atoms with Crippen molar-refractivity contribution in [3.8, 4) is 0 Å². The van der Waals surface area contributed by atoms with E-state index in [4.69, 9.17) is 0 Å². The molecule has 0 radical (unpaired) electrons. The molecular formula is C21H22F6. The summed E-state index contributed by atoms with van der Waals surface area (Å²) >= 11 is 0. The Morgan fingerprint density at radius 1 is 0.519 bits per heavy atom. The van der Waals surface area contributed by atoms with E-state index < -0.39 is 28.9 Å². The molecule has 0 aliphatic rings. The highest BCUT2D eigenvalue weighted by Crippen LogP contribution is 2.56. The topological polar surface area (TPSA) is 0 Å². The third kappa shape index (κ3) is 3.71. The van der Waals surface area contributed by atoms with Gasteiger partial charge >= 0.3 is 12.4 Å². The molecule has 6 heteroatoms. The van der Waals surface area contributed by atoms with Crippen LogP contribution in [0.3, 0.4) is 0 Å². The molecule has 0 fully saturated rings. The zero-order valence-electron chi connectivity index (χ0n) is 15.5. The minimum absolute atomic E-state index is 0.00412. The number of halogens is 6. The van der Waals surface area contributed by atoms with Gasteiger partial charge in [0, 0.05) is 0 Å². The average molecular weight is 388 g/mol. The first-order valence-electron chi connectivity index (χ1n) is 8.66. The zero-order chi connectivity index (χ0) is 20.6. The molecule has 0 aromatic heterocycles. The van der Waals surface area contributed by atoms with Crippen LogP contribution in [-0.4, -0.2) is 12.4 Å². The van der Waals surface area contributed by atoms with Gasteiger partial charge in [0.15, 0.2) is 0 Å². The lowest BCUT2D eigenvalue weighted by Gasteiger charge is -2.38. The van der Waals surface area contributed by atoms with E-state index in [1.807, 2.05) is 27.7 Å². The van der Waals surface area contributed by atoms with Gasteiger partial charge in [-0.15, -0.1) is 0 Å². The summed E-state index contributed by atoms with van der Waals surface area (Å²) in [5.41, 5.74) is -4.39. The van der Waals surface area contributed by atoms with Crippen LogP contribution in [0.25, 0.3) is 0 Å². The van der Waals surface area contributed by atoms with E-state index in [2.05, 4.69) is 0 Å². The fourth-order valence-electron chi connectivity index (χ4n) is 3.22. The lowest BCUT2D eigenvalue weighted by Crippen LogP contribution is -2.54. The lowest BCUT2D eigenvalue weighted by molar-refractivity contribution is -0.288. The molecule has 2 rings (SSSR count). The minimum atomic E-state index is -5.55. The van der Waals surface area contributed by atoms with Gasteiger partial charge < -0.3 is 0 Å². The molecule has 2 aromatic rings. The van der Waals surface area contributed by atoms with Crippen LogP contribution in [0.5, 0.6) is 0 Å². The van der Waals surface area contributed by atoms with Gasteiger partial charge in [-0.1, -0.05) is 76.2 Å². The van der Waals surface area contributed by atoms with Gasteiger partial charge in [0.25, 0.3) is 0 Å². The Morgan fingerprint density at radius 2 is 0.778 bits per heavy atom. The molecule has 0 saturated heterocycles. The van der Waals surface area contributed by atoms with Crippen LogP contribution < -0.4 is 0 Å². The molecule has 0 aliphatic carbocycles. The van der Waals surface area contributed by atoms with E-state index in [1.165, 1.54) is 24.3 Å². The highest BCUT2D eigenvalue weighted by atomic mass is 19.4. The van der Waals surface area contributed by atoms with Gasteiger partial charge in [0.2, 0.25) is 5.41 Å². The average Bonchev–Trinajstić information content (AvgIpc) is 2.53. The maximum absolute atomic E-state index is 14.0. The van der Waals surface area contributed by atoms with Crippen LogP contribution in [0.15, 0.2) is 48.5 Å². The molecule has 27 heavy (non-hydrogen) atoms. The Balaban J connectivity index is 2.78. The first-order chi connectivity index (χ1) is 12.3. The number of benzene rings is 2. The van der Waals surface area contributed by atoms with Crippen molar-refractivity contribution in [1.29, 1.82) is 0 Å². The van der Waals surface area contributed by atoms with Gasteiger partial charge in [-0.2, -0.15) is 26.3 Å². The second-order valence-corrected chi connectivity index (χ2v) is 7.30. The Bertz CT molecular complexity index is 682. The minimum Gasteiger partial charge on any atom is -0.169 e. The van der Waals surface area contributed by atoms with Crippen LogP contribution in [0.4, 0.5) is 26.3 Å². The van der Waals surface area contributed by atoms with E-state index in [9.17, 15) is 26.3 Å². The van der Waals surface area contributed by atoms with Gasteiger partial charge in [0.1, 0.15) is 0 Å². The normalized spacial score (nSPS) is 13.5. The summed E-state index contributed by atoms with van der Waals surface area (Å²) < 4.78 is 84.2. The number of hydrogen-bond acceptors (Lipinski definition) is 0. The summed E-state index contributed by atoms with van der Waals surface area (Å²) in [5.74, 6) is -0.00824. The lowest BCUT2D eigenvalue weighted by atomic mass is 9.72. The summed E-state index contributed by atoms with van der Waals surface area (Å²) in [6.45, 7) is 7.28. The van der Waals surface area contributed by atoms with Gasteiger partial charge in [-0.25, -0.2) is 0 Å². The molecule has 0 saturated carbocycles. The summed E-state index contributed by atoms with van der Waals surface area (Å²) in [5, 5.41) is 0. The molecule has 2 aromatic carbocycles. The third-order valence-corrected chi connectivity index (χ3v) is 4.87. The van der Waals surface area contributed by atoms with Crippen molar-refractivity contribution in [2.45, 2.75) is 57.3 Å². The highest BCUT2D eigenvalue weighted by Gasteiger charge is 2.72. The van der Waals surface area contributed by atoms with Crippen LogP contribution in [-0.2, 0) is 5.41 Å². The van der Waals surface area contributed by atoms with Crippen molar-refractivity contribution in [3.63, 3.8) is 0 Å². The number of rotatable bonds is 4. The molecule has 0 bridgehead atoms. The molecule has 148 valence electrons. The standard InChI is InChI=1S/C21H22F6/c1-13(2)15-5-9-17(10-6-15)19(20(22,23)24,21(25,26)27)18-11-7-16(8-12-18)14(3)4/h5-14H,1-4H3. The number of alkyl halides is 6. The molecule has 0 N–H and O–H groups in total. The van der Waals surface area contributed by atoms with Crippen molar-refractivity contribution in [3.05, 3.63) is 70.8 Å². The summed E-state index contributed by atoms with van der Waals surface area (Å²) in [4.78, 5) is 0. The zero-order valence-corrected chi connectivity index (χ0v) is 15.5. The molecule has 0 atom stereocenters. The fraction of sp³-hybridized carbons (Fsp3) is 0.429. The van der Waals surface area contributed by atoms with E-state index >= 15 is 0 Å². The van der Waals surface area contributed by atoms with Crippen molar-refractivity contribution in [2.75, 3.05) is 0 Å². The van der Waals surface area contributed by atoms with Gasteiger partial charge in [-0.3, -0.25) is 0 Å². The van der Waals surface area contributed by atoms with Crippen molar-refractivity contribution < 1.29 is 26.3 Å². The third-order valence-electron chi connectivity index (χ3n) is 4.87. The first kappa shape index (κ1) is 21.3. The molecule has 0 spiro atoms. The Kier molecular flexibility index (Phi) is 5.69. The Labute approximate surface area is 155 Å². The van der Waals surface area contributed by atoms with Crippen LogP contribution >= 0.6 is 0 Å². The SMILES string of the molecule is CC(C)c1ccc(C(c2ccc(C(C)C)cc2)(C(F)(F)F)C(F)(F)F)cc1. The van der Waals surface area contributed by atoms with Crippen LogP contribution in [0.2, 0.25) is 0 Å². The first-order valence-corrected chi connectivity index (χ1v) is 8.66. The predicted octanol–water partition coefficient (Wildman–Crippen LogP) is 7.34. The molecule has 0 amide bonds. The van der Waals surface area contributed by atoms with E-state index in [-0.39, 0.29) is 11.8 Å². The molecular weight excluding hydrogens is 366 g/mol. The van der Waals surface area contributed by atoms with Crippen LogP contribution in [0.1, 0.15) is 61.8 Å². The van der Waals surface area contributed by atoms with E-state index in [0.29, 0.717) is 11.1 Å². The molecule has 0 aliphatic heterocycles.